The van der Waals surface area contributed by atoms with Gasteiger partial charge in [-0.15, -0.1) is 0 Å². The fourth-order valence-electron chi connectivity index (χ4n) is 1.86. The van der Waals surface area contributed by atoms with Gasteiger partial charge in [0.05, 0.1) is 6.61 Å². The van der Waals surface area contributed by atoms with E-state index in [1.165, 1.54) is 5.56 Å². The van der Waals surface area contributed by atoms with Crippen LogP contribution in [0.25, 0.3) is 6.08 Å². The summed E-state index contributed by atoms with van der Waals surface area (Å²) in [5, 5.41) is 2.86. The number of anilines is 1. The minimum atomic E-state index is 0.0980. The fraction of sp³-hybridized carbons (Fsp3) is 0.308. The van der Waals surface area contributed by atoms with Crippen LogP contribution in [0.2, 0.25) is 0 Å². The zero-order valence-corrected chi connectivity index (χ0v) is 9.61. The Morgan fingerprint density at radius 3 is 3.12 bits per heavy atom. The van der Waals surface area contributed by atoms with Gasteiger partial charge in [0.25, 0.3) is 0 Å². The second kappa shape index (κ2) is 5.61. The number of hydrogen-bond donors (Lipinski definition) is 2. The average Bonchev–Trinajstić information content (AvgIpc) is 2.35. The summed E-state index contributed by atoms with van der Waals surface area (Å²) in [5.41, 5.74) is 3.27. The van der Waals surface area contributed by atoms with Gasteiger partial charge < -0.3 is 10.2 Å². The topological polar surface area (TPSA) is 64.3 Å². The molecule has 0 saturated heterocycles. The molecule has 2 rings (SSSR count). The van der Waals surface area contributed by atoms with E-state index < -0.39 is 0 Å². The molecule has 1 amide bonds. The Kier molecular flexibility index (Phi) is 3.90. The number of rotatable bonds is 4. The summed E-state index contributed by atoms with van der Waals surface area (Å²) in [6.07, 6.45) is 6.24. The van der Waals surface area contributed by atoms with E-state index in [-0.39, 0.29) is 5.91 Å². The van der Waals surface area contributed by atoms with Gasteiger partial charge in [-0.2, -0.15) is 0 Å². The highest BCUT2D eigenvalue weighted by Gasteiger charge is 2.13. The van der Waals surface area contributed by atoms with Gasteiger partial charge in [-0.3, -0.25) is 4.79 Å². The van der Waals surface area contributed by atoms with Crippen molar-refractivity contribution in [2.45, 2.75) is 19.3 Å². The zero-order chi connectivity index (χ0) is 12.1. The molecule has 0 bridgehead atoms. The van der Waals surface area contributed by atoms with Crippen LogP contribution in [0.5, 0.6) is 0 Å². The van der Waals surface area contributed by atoms with Crippen LogP contribution in [0.1, 0.15) is 24.0 Å². The third kappa shape index (κ3) is 3.15. The highest BCUT2D eigenvalue weighted by atomic mass is 16.6. The van der Waals surface area contributed by atoms with Gasteiger partial charge >= 0.3 is 0 Å². The zero-order valence-electron chi connectivity index (χ0n) is 9.61. The van der Waals surface area contributed by atoms with Crippen LogP contribution in [0.3, 0.4) is 0 Å². The Bertz CT molecular complexity index is 441. The van der Waals surface area contributed by atoms with E-state index in [0.717, 1.165) is 24.1 Å². The van der Waals surface area contributed by atoms with Crippen LogP contribution in [0, 0.1) is 0 Å². The molecule has 3 N–H and O–H groups in total. The van der Waals surface area contributed by atoms with Gasteiger partial charge in [0, 0.05) is 12.1 Å². The molecule has 0 radical (unpaired) electrons. The van der Waals surface area contributed by atoms with Gasteiger partial charge in [-0.05, 0) is 36.1 Å². The standard InChI is InChI=1S/C13H16N2O2/c14-17-8-2-1-3-10-4-6-12-11(9-10)5-7-13(16)15-12/h1,3-4,6,9H,2,5,7-8,14H2,(H,15,16)/b3-1+. The van der Waals surface area contributed by atoms with Gasteiger partial charge in [-0.1, -0.05) is 18.2 Å². The normalized spacial score (nSPS) is 14.8. The maximum absolute atomic E-state index is 11.2. The number of carbonyl (C=O) groups excluding carboxylic acids is 1. The van der Waals surface area contributed by atoms with Crippen LogP contribution in [0.4, 0.5) is 5.69 Å². The molecule has 1 aliphatic rings. The smallest absolute Gasteiger partial charge is 0.224 e. The van der Waals surface area contributed by atoms with Crippen LogP contribution in [-0.4, -0.2) is 12.5 Å². The van der Waals surface area contributed by atoms with Crippen molar-refractivity contribution < 1.29 is 9.63 Å². The number of fused-ring (bicyclic) bond motifs is 1. The summed E-state index contributed by atoms with van der Waals surface area (Å²) >= 11 is 0. The van der Waals surface area contributed by atoms with Crippen LogP contribution < -0.4 is 11.2 Å². The Morgan fingerprint density at radius 2 is 2.29 bits per heavy atom. The molecule has 1 heterocycles. The molecule has 0 spiro atoms. The third-order valence-electron chi connectivity index (χ3n) is 2.74. The van der Waals surface area contributed by atoms with E-state index in [1.54, 1.807) is 0 Å². The maximum Gasteiger partial charge on any atom is 0.224 e. The van der Waals surface area contributed by atoms with E-state index in [2.05, 4.69) is 16.2 Å². The predicted molar refractivity (Wildman–Crippen MR) is 67.2 cm³/mol. The predicted octanol–water partition coefficient (Wildman–Crippen LogP) is 1.86. The first kappa shape index (κ1) is 11.8. The third-order valence-corrected chi connectivity index (χ3v) is 2.74. The maximum atomic E-state index is 11.2. The molecule has 90 valence electrons. The second-order valence-electron chi connectivity index (χ2n) is 4.03. The van der Waals surface area contributed by atoms with Crippen molar-refractivity contribution in [3.05, 3.63) is 35.4 Å². The molecule has 4 nitrogen and oxygen atoms in total. The first-order chi connectivity index (χ1) is 8.29. The van der Waals surface area contributed by atoms with Crippen LogP contribution >= 0.6 is 0 Å². The van der Waals surface area contributed by atoms with E-state index in [4.69, 9.17) is 5.90 Å². The second-order valence-corrected chi connectivity index (χ2v) is 4.03. The highest BCUT2D eigenvalue weighted by Crippen LogP contribution is 2.23. The molecule has 0 aromatic heterocycles. The van der Waals surface area contributed by atoms with Crippen LogP contribution in [-0.2, 0) is 16.1 Å². The summed E-state index contributed by atoms with van der Waals surface area (Å²) in [4.78, 5) is 15.7. The van der Waals surface area contributed by atoms with Crippen molar-refractivity contribution in [1.82, 2.24) is 0 Å². The first-order valence-corrected chi connectivity index (χ1v) is 5.70. The van der Waals surface area contributed by atoms with Crippen molar-refractivity contribution in [3.8, 4) is 0 Å². The van der Waals surface area contributed by atoms with Crippen molar-refractivity contribution in [1.29, 1.82) is 0 Å². The summed E-state index contributed by atoms with van der Waals surface area (Å²) < 4.78 is 0. The quantitative estimate of drug-likeness (QED) is 0.615. The van der Waals surface area contributed by atoms with E-state index in [1.807, 2.05) is 24.3 Å². The molecule has 0 aliphatic carbocycles. The van der Waals surface area contributed by atoms with Crippen LogP contribution in [0.15, 0.2) is 24.3 Å². The molecule has 1 aromatic rings. The molecular weight excluding hydrogens is 216 g/mol. The number of benzene rings is 1. The van der Waals surface area contributed by atoms with E-state index in [9.17, 15) is 4.79 Å². The van der Waals surface area contributed by atoms with E-state index in [0.29, 0.717) is 13.0 Å². The molecule has 0 unspecified atom stereocenters. The molecule has 1 aliphatic heterocycles. The molecular formula is C13H16N2O2. The fourth-order valence-corrected chi connectivity index (χ4v) is 1.86. The minimum Gasteiger partial charge on any atom is -0.326 e. The van der Waals surface area contributed by atoms with E-state index >= 15 is 0 Å². The molecule has 1 aromatic carbocycles. The van der Waals surface area contributed by atoms with Crippen molar-refractivity contribution >= 4 is 17.7 Å². The molecule has 17 heavy (non-hydrogen) atoms. The van der Waals surface area contributed by atoms with Gasteiger partial charge in [0.1, 0.15) is 0 Å². The lowest BCUT2D eigenvalue weighted by atomic mass is 10.0. The SMILES string of the molecule is NOCC/C=C/c1ccc2c(c1)CCC(=O)N2. The summed E-state index contributed by atoms with van der Waals surface area (Å²) in [6.45, 7) is 0.525. The number of hydrogen-bond acceptors (Lipinski definition) is 3. The number of carbonyl (C=O) groups is 1. The number of amides is 1. The number of aryl methyl sites for hydroxylation is 1. The lowest BCUT2D eigenvalue weighted by Crippen LogP contribution is -2.18. The monoisotopic (exact) mass is 232 g/mol. The van der Waals surface area contributed by atoms with Crippen molar-refractivity contribution in [3.63, 3.8) is 0 Å². The van der Waals surface area contributed by atoms with Gasteiger partial charge in [0.15, 0.2) is 0 Å². The molecule has 4 heteroatoms. The minimum absolute atomic E-state index is 0.0980. The molecule has 0 saturated carbocycles. The number of nitrogens with two attached hydrogens (primary N) is 1. The average molecular weight is 232 g/mol. The highest BCUT2D eigenvalue weighted by molar-refractivity contribution is 5.94. The summed E-state index contributed by atoms with van der Waals surface area (Å²) in [7, 11) is 0. The summed E-state index contributed by atoms with van der Waals surface area (Å²) in [6, 6.07) is 6.05. The van der Waals surface area contributed by atoms with Gasteiger partial charge in [0.2, 0.25) is 5.91 Å². The first-order valence-electron chi connectivity index (χ1n) is 5.70. The Hall–Kier alpha value is -1.65. The molecule has 0 atom stereocenters. The Balaban J connectivity index is 2.06. The lowest BCUT2D eigenvalue weighted by Gasteiger charge is -2.16. The van der Waals surface area contributed by atoms with Crippen molar-refractivity contribution in [2.75, 3.05) is 11.9 Å². The van der Waals surface area contributed by atoms with Crippen molar-refractivity contribution in [2.24, 2.45) is 5.90 Å². The lowest BCUT2D eigenvalue weighted by molar-refractivity contribution is -0.116. The van der Waals surface area contributed by atoms with Gasteiger partial charge in [-0.25, -0.2) is 5.90 Å². The largest absolute Gasteiger partial charge is 0.326 e. The summed E-state index contributed by atoms with van der Waals surface area (Å²) in [5.74, 6) is 5.04. The molecule has 0 fully saturated rings. The Labute approximate surface area is 100 Å². The number of nitrogens with one attached hydrogen (secondary N) is 1. The Morgan fingerprint density at radius 1 is 1.41 bits per heavy atom.